The highest BCUT2D eigenvalue weighted by molar-refractivity contribution is 6.00. The Hall–Kier alpha value is -1.71. The van der Waals surface area contributed by atoms with E-state index in [2.05, 4.69) is 5.32 Å². The first-order valence-electron chi connectivity index (χ1n) is 5.18. The lowest BCUT2D eigenvalue weighted by Crippen LogP contribution is -2.39. The standard InChI is InChI=1S/C12H12FNO2/c1-7-3-2-4-8(11(7)13)9-5-6-10(15)14-12(9)16/h2-4,9H,5-6H2,1H3,(H,14,15,16). The summed E-state index contributed by atoms with van der Waals surface area (Å²) >= 11 is 0. The Morgan fingerprint density at radius 3 is 2.81 bits per heavy atom. The molecule has 1 aromatic rings. The van der Waals surface area contributed by atoms with Gasteiger partial charge in [-0.15, -0.1) is 0 Å². The van der Waals surface area contributed by atoms with Crippen LogP contribution in [0.5, 0.6) is 0 Å². The predicted molar refractivity (Wildman–Crippen MR) is 56.3 cm³/mol. The van der Waals surface area contributed by atoms with Crippen LogP contribution in [0, 0.1) is 12.7 Å². The number of imide groups is 1. The van der Waals surface area contributed by atoms with E-state index < -0.39 is 11.8 Å². The van der Waals surface area contributed by atoms with Crippen LogP contribution in [0.15, 0.2) is 18.2 Å². The van der Waals surface area contributed by atoms with E-state index in [-0.39, 0.29) is 18.1 Å². The highest BCUT2D eigenvalue weighted by Gasteiger charge is 2.29. The van der Waals surface area contributed by atoms with Gasteiger partial charge in [0.2, 0.25) is 11.8 Å². The first-order chi connectivity index (χ1) is 7.59. The molecule has 1 fully saturated rings. The quantitative estimate of drug-likeness (QED) is 0.733. The summed E-state index contributed by atoms with van der Waals surface area (Å²) in [6, 6.07) is 4.98. The van der Waals surface area contributed by atoms with E-state index in [0.29, 0.717) is 17.5 Å². The van der Waals surface area contributed by atoms with Crippen LogP contribution >= 0.6 is 0 Å². The molecule has 1 heterocycles. The number of carbonyl (C=O) groups is 2. The second-order valence-corrected chi connectivity index (χ2v) is 3.98. The average molecular weight is 221 g/mol. The molecule has 1 aliphatic heterocycles. The van der Waals surface area contributed by atoms with Crippen molar-refractivity contribution in [1.82, 2.24) is 5.32 Å². The molecule has 16 heavy (non-hydrogen) atoms. The third-order valence-electron chi connectivity index (χ3n) is 2.84. The molecule has 1 aliphatic rings. The van der Waals surface area contributed by atoms with E-state index in [9.17, 15) is 14.0 Å². The predicted octanol–water partition coefficient (Wildman–Crippen LogP) is 1.65. The summed E-state index contributed by atoms with van der Waals surface area (Å²) in [4.78, 5) is 22.5. The summed E-state index contributed by atoms with van der Waals surface area (Å²) in [5.41, 5.74) is 0.896. The molecule has 0 aromatic heterocycles. The van der Waals surface area contributed by atoms with Gasteiger partial charge in [-0.25, -0.2) is 4.39 Å². The molecule has 0 saturated carbocycles. The molecule has 1 atom stereocenters. The number of hydrogen-bond acceptors (Lipinski definition) is 2. The second kappa shape index (κ2) is 4.04. The lowest BCUT2D eigenvalue weighted by Gasteiger charge is -2.21. The summed E-state index contributed by atoms with van der Waals surface area (Å²) in [6.07, 6.45) is 0.648. The first kappa shape index (κ1) is 10.8. The van der Waals surface area contributed by atoms with Crippen molar-refractivity contribution in [1.29, 1.82) is 0 Å². The number of aryl methyl sites for hydroxylation is 1. The molecular weight excluding hydrogens is 209 g/mol. The minimum Gasteiger partial charge on any atom is -0.296 e. The maximum Gasteiger partial charge on any atom is 0.234 e. The number of rotatable bonds is 1. The molecule has 0 spiro atoms. The van der Waals surface area contributed by atoms with E-state index >= 15 is 0 Å². The fourth-order valence-corrected chi connectivity index (χ4v) is 1.93. The number of amides is 2. The Bertz CT molecular complexity index is 456. The Morgan fingerprint density at radius 1 is 1.38 bits per heavy atom. The van der Waals surface area contributed by atoms with Crippen LogP contribution in [-0.2, 0) is 9.59 Å². The van der Waals surface area contributed by atoms with E-state index in [4.69, 9.17) is 0 Å². The van der Waals surface area contributed by atoms with Gasteiger partial charge in [0.25, 0.3) is 0 Å². The Balaban J connectivity index is 2.34. The van der Waals surface area contributed by atoms with Gasteiger partial charge in [0.15, 0.2) is 0 Å². The zero-order valence-corrected chi connectivity index (χ0v) is 8.92. The topological polar surface area (TPSA) is 46.2 Å². The highest BCUT2D eigenvalue weighted by atomic mass is 19.1. The minimum atomic E-state index is -0.544. The lowest BCUT2D eigenvalue weighted by molar-refractivity contribution is -0.134. The summed E-state index contributed by atoms with van der Waals surface area (Å²) in [6.45, 7) is 1.66. The largest absolute Gasteiger partial charge is 0.296 e. The third-order valence-corrected chi connectivity index (χ3v) is 2.84. The third kappa shape index (κ3) is 1.83. The van der Waals surface area contributed by atoms with Gasteiger partial charge < -0.3 is 0 Å². The van der Waals surface area contributed by atoms with Crippen molar-refractivity contribution in [3.05, 3.63) is 35.1 Å². The highest BCUT2D eigenvalue weighted by Crippen LogP contribution is 2.27. The molecule has 0 aliphatic carbocycles. The Morgan fingerprint density at radius 2 is 2.12 bits per heavy atom. The van der Waals surface area contributed by atoms with Crippen LogP contribution in [0.4, 0.5) is 4.39 Å². The number of halogens is 1. The Kier molecular flexibility index (Phi) is 2.73. The second-order valence-electron chi connectivity index (χ2n) is 3.98. The molecule has 84 valence electrons. The average Bonchev–Trinajstić information content (AvgIpc) is 2.23. The number of hydrogen-bond donors (Lipinski definition) is 1. The number of benzene rings is 1. The van der Waals surface area contributed by atoms with Crippen LogP contribution in [0.25, 0.3) is 0 Å². The van der Waals surface area contributed by atoms with Crippen molar-refractivity contribution in [3.8, 4) is 0 Å². The van der Waals surface area contributed by atoms with Gasteiger partial charge in [0.05, 0.1) is 5.92 Å². The smallest absolute Gasteiger partial charge is 0.234 e. The monoisotopic (exact) mass is 221 g/mol. The number of carbonyl (C=O) groups excluding carboxylic acids is 2. The van der Waals surface area contributed by atoms with Gasteiger partial charge in [0.1, 0.15) is 5.82 Å². The van der Waals surface area contributed by atoms with E-state index in [1.54, 1.807) is 25.1 Å². The number of piperidine rings is 1. The molecule has 2 amide bonds. The van der Waals surface area contributed by atoms with Crippen LogP contribution in [0.3, 0.4) is 0 Å². The lowest BCUT2D eigenvalue weighted by atomic mass is 9.89. The maximum absolute atomic E-state index is 13.8. The molecular formula is C12H12FNO2. The van der Waals surface area contributed by atoms with Crippen molar-refractivity contribution in [2.24, 2.45) is 0 Å². The summed E-state index contributed by atoms with van der Waals surface area (Å²) in [7, 11) is 0. The molecule has 0 bridgehead atoms. The first-order valence-corrected chi connectivity index (χ1v) is 5.18. The van der Waals surface area contributed by atoms with Crippen molar-refractivity contribution >= 4 is 11.8 Å². The molecule has 1 unspecified atom stereocenters. The van der Waals surface area contributed by atoms with Crippen LogP contribution < -0.4 is 5.32 Å². The Labute approximate surface area is 92.7 Å². The molecule has 1 aromatic carbocycles. The van der Waals surface area contributed by atoms with Crippen molar-refractivity contribution in [2.75, 3.05) is 0 Å². The van der Waals surface area contributed by atoms with Crippen molar-refractivity contribution < 1.29 is 14.0 Å². The van der Waals surface area contributed by atoms with E-state index in [1.165, 1.54) is 0 Å². The normalized spacial score (nSPS) is 20.8. The van der Waals surface area contributed by atoms with Gasteiger partial charge in [-0.2, -0.15) is 0 Å². The summed E-state index contributed by atoms with van der Waals surface area (Å²) in [5.74, 6) is -1.58. The van der Waals surface area contributed by atoms with Gasteiger partial charge in [-0.1, -0.05) is 18.2 Å². The van der Waals surface area contributed by atoms with Crippen molar-refractivity contribution in [3.63, 3.8) is 0 Å². The van der Waals surface area contributed by atoms with Gasteiger partial charge in [0, 0.05) is 12.0 Å². The van der Waals surface area contributed by atoms with E-state index in [1.807, 2.05) is 0 Å². The fourth-order valence-electron chi connectivity index (χ4n) is 1.93. The van der Waals surface area contributed by atoms with Crippen molar-refractivity contribution in [2.45, 2.75) is 25.7 Å². The summed E-state index contributed by atoms with van der Waals surface area (Å²) < 4.78 is 13.8. The minimum absolute atomic E-state index is 0.268. The molecule has 4 heteroatoms. The van der Waals surface area contributed by atoms with Gasteiger partial charge in [-0.3, -0.25) is 14.9 Å². The molecule has 1 saturated heterocycles. The summed E-state index contributed by atoms with van der Waals surface area (Å²) in [5, 5.41) is 2.23. The zero-order valence-electron chi connectivity index (χ0n) is 8.92. The zero-order chi connectivity index (χ0) is 11.7. The van der Waals surface area contributed by atoms with Crippen LogP contribution in [0.1, 0.15) is 29.9 Å². The molecule has 2 rings (SSSR count). The fraction of sp³-hybridized carbons (Fsp3) is 0.333. The molecule has 1 N–H and O–H groups in total. The maximum atomic E-state index is 13.8. The SMILES string of the molecule is Cc1cccc(C2CCC(=O)NC2=O)c1F. The van der Waals surface area contributed by atoms with E-state index in [0.717, 1.165) is 0 Å². The number of nitrogens with one attached hydrogen (secondary N) is 1. The van der Waals surface area contributed by atoms with Gasteiger partial charge in [-0.05, 0) is 18.9 Å². The van der Waals surface area contributed by atoms with Crippen LogP contribution in [-0.4, -0.2) is 11.8 Å². The molecule has 3 nitrogen and oxygen atoms in total. The van der Waals surface area contributed by atoms with Gasteiger partial charge >= 0.3 is 0 Å². The van der Waals surface area contributed by atoms with Crippen LogP contribution in [0.2, 0.25) is 0 Å². The molecule has 0 radical (unpaired) electrons.